The smallest absolute Gasteiger partial charge is 0.308 e. The van der Waals surface area contributed by atoms with E-state index in [2.05, 4.69) is 0 Å². The predicted octanol–water partition coefficient (Wildman–Crippen LogP) is 1.21. The first-order chi connectivity index (χ1) is 9.77. The minimum absolute atomic E-state index is 0.0160. The summed E-state index contributed by atoms with van der Waals surface area (Å²) < 4.78 is 26.3. The molecule has 1 fully saturated rings. The fraction of sp³-hybridized carbons (Fsp3) is 0.429. The van der Waals surface area contributed by atoms with Gasteiger partial charge in [0.05, 0.1) is 22.4 Å². The summed E-state index contributed by atoms with van der Waals surface area (Å²) >= 11 is 0. The fourth-order valence-corrected chi connectivity index (χ4v) is 4.16. The van der Waals surface area contributed by atoms with Crippen LogP contribution in [0.5, 0.6) is 0 Å². The van der Waals surface area contributed by atoms with E-state index in [9.17, 15) is 13.2 Å². The molecule has 0 unspecified atom stereocenters. The van der Waals surface area contributed by atoms with Gasteiger partial charge >= 0.3 is 5.97 Å². The van der Waals surface area contributed by atoms with Crippen LogP contribution < -0.4 is 0 Å². The molecule has 0 aromatic heterocycles. The number of carbonyl (C=O) groups is 1. The Hall–Kier alpha value is -1.91. The Bertz CT molecular complexity index is 721. The lowest BCUT2D eigenvalue weighted by atomic mass is 9.99. The highest BCUT2D eigenvalue weighted by molar-refractivity contribution is 7.89. The highest BCUT2D eigenvalue weighted by Crippen LogP contribution is 2.29. The summed E-state index contributed by atoms with van der Waals surface area (Å²) in [6.07, 6.45) is 0. The number of carboxylic acid groups (broad SMARTS) is 1. The molecule has 1 aliphatic heterocycles. The Morgan fingerprint density at radius 2 is 2.10 bits per heavy atom. The molecule has 112 valence electrons. The summed E-state index contributed by atoms with van der Waals surface area (Å²) in [6.45, 7) is 3.58. The molecule has 0 saturated carbocycles. The molecule has 1 N–H and O–H groups in total. The van der Waals surface area contributed by atoms with Crippen LogP contribution >= 0.6 is 0 Å². The summed E-state index contributed by atoms with van der Waals surface area (Å²) in [7, 11) is -3.72. The summed E-state index contributed by atoms with van der Waals surface area (Å²) in [6, 6.07) is 6.29. The second-order valence-corrected chi connectivity index (χ2v) is 7.27. The first kappa shape index (κ1) is 15.5. The third-order valence-electron chi connectivity index (χ3n) is 3.85. The molecule has 1 saturated heterocycles. The largest absolute Gasteiger partial charge is 0.481 e. The van der Waals surface area contributed by atoms with Gasteiger partial charge in [-0.15, -0.1) is 0 Å². The molecular formula is C14H16N2O4S. The second kappa shape index (κ2) is 5.47. The normalized spacial score (nSPS) is 22.9. The van der Waals surface area contributed by atoms with Crippen LogP contribution in [-0.4, -0.2) is 36.9 Å². The molecule has 1 aliphatic rings. The van der Waals surface area contributed by atoms with Gasteiger partial charge < -0.3 is 5.11 Å². The second-order valence-electron chi connectivity index (χ2n) is 5.33. The lowest BCUT2D eigenvalue weighted by Gasteiger charge is -2.16. The average molecular weight is 308 g/mol. The average Bonchev–Trinajstić information content (AvgIpc) is 2.81. The SMILES string of the molecule is Cc1cc(S(=O)(=O)N2C[C@@H](C)[C@H](C(=O)O)C2)ccc1C#N. The van der Waals surface area contributed by atoms with E-state index in [1.54, 1.807) is 13.8 Å². The van der Waals surface area contributed by atoms with Crippen molar-refractivity contribution in [1.29, 1.82) is 5.26 Å². The van der Waals surface area contributed by atoms with Crippen LogP contribution in [0.2, 0.25) is 0 Å². The molecule has 0 amide bonds. The van der Waals surface area contributed by atoms with Crippen molar-refractivity contribution in [2.45, 2.75) is 18.7 Å². The van der Waals surface area contributed by atoms with Gasteiger partial charge in [-0.25, -0.2) is 8.42 Å². The molecule has 1 heterocycles. The summed E-state index contributed by atoms with van der Waals surface area (Å²) in [5, 5.41) is 18.0. The molecule has 0 aliphatic carbocycles. The zero-order valence-corrected chi connectivity index (χ0v) is 12.6. The molecule has 0 bridgehead atoms. The van der Waals surface area contributed by atoms with Crippen molar-refractivity contribution < 1.29 is 18.3 Å². The Labute approximate surface area is 123 Å². The van der Waals surface area contributed by atoms with Gasteiger partial charge in [-0.3, -0.25) is 4.79 Å². The van der Waals surface area contributed by atoms with E-state index < -0.39 is 21.9 Å². The number of carboxylic acids is 1. The van der Waals surface area contributed by atoms with Crippen LogP contribution in [-0.2, 0) is 14.8 Å². The number of nitriles is 1. The van der Waals surface area contributed by atoms with E-state index in [0.29, 0.717) is 11.1 Å². The quantitative estimate of drug-likeness (QED) is 0.905. The van der Waals surface area contributed by atoms with Gasteiger partial charge in [0, 0.05) is 13.1 Å². The van der Waals surface area contributed by atoms with Crippen molar-refractivity contribution in [2.75, 3.05) is 13.1 Å². The van der Waals surface area contributed by atoms with E-state index >= 15 is 0 Å². The summed E-state index contributed by atoms with van der Waals surface area (Å²) in [5.74, 6) is -1.88. The highest BCUT2D eigenvalue weighted by Gasteiger charge is 2.40. The third kappa shape index (κ3) is 2.77. The maximum absolute atomic E-state index is 12.6. The minimum Gasteiger partial charge on any atom is -0.481 e. The fourth-order valence-electron chi connectivity index (χ4n) is 2.51. The molecule has 21 heavy (non-hydrogen) atoms. The monoisotopic (exact) mass is 308 g/mol. The van der Waals surface area contributed by atoms with Crippen molar-refractivity contribution in [3.05, 3.63) is 29.3 Å². The van der Waals surface area contributed by atoms with Crippen LogP contribution in [0.3, 0.4) is 0 Å². The van der Waals surface area contributed by atoms with Crippen LogP contribution in [0.4, 0.5) is 0 Å². The van der Waals surface area contributed by atoms with Gasteiger partial charge in [-0.05, 0) is 36.6 Å². The van der Waals surface area contributed by atoms with E-state index in [1.165, 1.54) is 22.5 Å². The molecule has 0 radical (unpaired) electrons. The summed E-state index contributed by atoms with van der Waals surface area (Å²) in [5.41, 5.74) is 1.01. The predicted molar refractivity (Wildman–Crippen MR) is 74.9 cm³/mol. The number of hydrogen-bond acceptors (Lipinski definition) is 4. The van der Waals surface area contributed by atoms with Gasteiger partial charge in [0.25, 0.3) is 0 Å². The van der Waals surface area contributed by atoms with Crippen LogP contribution in [0.15, 0.2) is 23.1 Å². The third-order valence-corrected chi connectivity index (χ3v) is 5.68. The maximum Gasteiger partial charge on any atom is 0.308 e. The van der Waals surface area contributed by atoms with Crippen molar-refractivity contribution >= 4 is 16.0 Å². The van der Waals surface area contributed by atoms with E-state index in [0.717, 1.165) is 0 Å². The van der Waals surface area contributed by atoms with Crippen LogP contribution in [0.25, 0.3) is 0 Å². The number of nitrogens with zero attached hydrogens (tertiary/aromatic N) is 2. The topological polar surface area (TPSA) is 98.5 Å². The number of benzene rings is 1. The van der Waals surface area contributed by atoms with Gasteiger partial charge in [0.1, 0.15) is 0 Å². The van der Waals surface area contributed by atoms with Crippen LogP contribution in [0.1, 0.15) is 18.1 Å². The number of rotatable bonds is 3. The van der Waals surface area contributed by atoms with Gasteiger partial charge in [0.2, 0.25) is 10.0 Å². The highest BCUT2D eigenvalue weighted by atomic mass is 32.2. The maximum atomic E-state index is 12.6. The van der Waals surface area contributed by atoms with E-state index in [1.807, 2.05) is 6.07 Å². The summed E-state index contributed by atoms with van der Waals surface area (Å²) in [4.78, 5) is 11.2. The van der Waals surface area contributed by atoms with Crippen molar-refractivity contribution in [3.8, 4) is 6.07 Å². The van der Waals surface area contributed by atoms with Crippen molar-refractivity contribution in [3.63, 3.8) is 0 Å². The van der Waals surface area contributed by atoms with Crippen molar-refractivity contribution in [2.24, 2.45) is 11.8 Å². The number of aryl methyl sites for hydroxylation is 1. The van der Waals surface area contributed by atoms with Crippen molar-refractivity contribution in [1.82, 2.24) is 4.31 Å². The molecule has 6 nitrogen and oxygen atoms in total. The molecule has 2 atom stereocenters. The van der Waals surface area contributed by atoms with Gasteiger partial charge in [-0.1, -0.05) is 6.92 Å². The Balaban J connectivity index is 2.34. The Morgan fingerprint density at radius 1 is 1.43 bits per heavy atom. The first-order valence-corrected chi connectivity index (χ1v) is 7.95. The molecule has 0 spiro atoms. The zero-order valence-electron chi connectivity index (χ0n) is 11.8. The molecule has 1 aromatic rings. The standard InChI is InChI=1S/C14H16N2O4S/c1-9-5-12(4-3-11(9)6-15)21(19,20)16-7-10(2)13(8-16)14(17)18/h3-5,10,13H,7-8H2,1-2H3,(H,17,18)/t10-,13-/m1/s1. The van der Waals surface area contributed by atoms with Crippen LogP contribution in [0, 0.1) is 30.1 Å². The van der Waals surface area contributed by atoms with Gasteiger partial charge in [-0.2, -0.15) is 9.57 Å². The molecule has 7 heteroatoms. The number of hydrogen-bond donors (Lipinski definition) is 1. The van der Waals surface area contributed by atoms with E-state index in [-0.39, 0.29) is 23.9 Å². The molecule has 1 aromatic carbocycles. The number of aliphatic carboxylic acids is 1. The molecular weight excluding hydrogens is 292 g/mol. The number of sulfonamides is 1. The lowest BCUT2D eigenvalue weighted by molar-refractivity contribution is -0.142. The minimum atomic E-state index is -3.72. The Morgan fingerprint density at radius 3 is 2.57 bits per heavy atom. The Kier molecular flexibility index (Phi) is 4.03. The van der Waals surface area contributed by atoms with E-state index in [4.69, 9.17) is 10.4 Å². The molecule has 2 rings (SSSR count). The lowest BCUT2D eigenvalue weighted by Crippen LogP contribution is -2.30. The zero-order chi connectivity index (χ0) is 15.8. The first-order valence-electron chi connectivity index (χ1n) is 6.51. The van der Waals surface area contributed by atoms with Gasteiger partial charge in [0.15, 0.2) is 0 Å².